The molecule has 0 unspecified atom stereocenters. The van der Waals surface area contributed by atoms with E-state index >= 15 is 0 Å². The van der Waals surface area contributed by atoms with Gasteiger partial charge in [0.1, 0.15) is 5.82 Å². The molecule has 0 saturated carbocycles. The first-order valence-electron chi connectivity index (χ1n) is 7.31. The molecule has 0 aliphatic heterocycles. The zero-order valence-corrected chi connectivity index (χ0v) is 14.0. The van der Waals surface area contributed by atoms with Crippen LogP contribution in [0.5, 0.6) is 0 Å². The molecule has 0 atom stereocenters. The lowest BCUT2D eigenvalue weighted by Gasteiger charge is -2.17. The highest BCUT2D eigenvalue weighted by Crippen LogP contribution is 2.24. The summed E-state index contributed by atoms with van der Waals surface area (Å²) in [4.78, 5) is 6.73. The fourth-order valence-electron chi connectivity index (χ4n) is 1.72. The van der Waals surface area contributed by atoms with Gasteiger partial charge in [-0.3, -0.25) is 0 Å². The minimum absolute atomic E-state index is 0.732. The van der Waals surface area contributed by atoms with Crippen LogP contribution in [0.2, 0.25) is 5.02 Å². The number of benzene rings is 1. The van der Waals surface area contributed by atoms with E-state index in [1.807, 2.05) is 25.2 Å². The van der Waals surface area contributed by atoms with Crippen LogP contribution in [-0.2, 0) is 0 Å². The number of unbranched alkanes of at least 4 members (excludes halogenated alkanes) is 1. The molecule has 0 aliphatic rings. The van der Waals surface area contributed by atoms with Gasteiger partial charge in [0.2, 0.25) is 0 Å². The minimum Gasteiger partial charge on any atom is -0.360 e. The lowest BCUT2D eigenvalue weighted by Crippen LogP contribution is -2.17. The van der Waals surface area contributed by atoms with Crippen LogP contribution in [0.25, 0.3) is 10.9 Å². The predicted molar refractivity (Wildman–Crippen MR) is 91.0 cm³/mol. The number of hydrogen-bond donors (Lipinski definition) is 0. The Morgan fingerprint density at radius 1 is 1.10 bits per heavy atom. The fraction of sp³-hybridized carbons (Fsp3) is 0.471. The highest BCUT2D eigenvalue weighted by Gasteiger charge is 2.05. The fourth-order valence-corrected chi connectivity index (χ4v) is 1.88. The molecule has 0 spiro atoms. The molecule has 0 aliphatic carbocycles. The van der Waals surface area contributed by atoms with E-state index < -0.39 is 0 Å². The molecular weight excluding hydrogens is 268 g/mol. The molecule has 1 aromatic heterocycles. The van der Waals surface area contributed by atoms with Crippen LogP contribution in [0, 0.1) is 6.92 Å². The SMILES string of the molecule is CCCC.CCN(C)c1cc(C)c2ccc(Cl)cc2n1. The second-order valence-corrected chi connectivity index (χ2v) is 5.41. The molecule has 2 aromatic rings. The number of hydrogen-bond acceptors (Lipinski definition) is 2. The van der Waals surface area contributed by atoms with E-state index in [1.165, 1.54) is 18.4 Å². The Morgan fingerprint density at radius 2 is 1.75 bits per heavy atom. The molecular formula is C17H25ClN2. The highest BCUT2D eigenvalue weighted by molar-refractivity contribution is 6.31. The molecule has 0 bridgehead atoms. The second kappa shape index (κ2) is 8.11. The Bertz CT molecular complexity index is 550. The molecule has 20 heavy (non-hydrogen) atoms. The van der Waals surface area contributed by atoms with Gasteiger partial charge in [-0.15, -0.1) is 0 Å². The van der Waals surface area contributed by atoms with Gasteiger partial charge < -0.3 is 4.90 Å². The summed E-state index contributed by atoms with van der Waals surface area (Å²) >= 11 is 5.98. The Labute approximate surface area is 127 Å². The van der Waals surface area contributed by atoms with Gasteiger partial charge in [0.05, 0.1) is 5.52 Å². The standard InChI is InChI=1S/C13H15ClN2.C4H10/c1-4-16(3)13-7-9(2)11-6-5-10(14)8-12(11)15-13;1-3-4-2/h5-8H,4H2,1-3H3;3-4H2,1-2H3. The lowest BCUT2D eigenvalue weighted by atomic mass is 10.1. The molecule has 3 heteroatoms. The Hall–Kier alpha value is -1.28. The Kier molecular flexibility index (Phi) is 6.80. The number of aromatic nitrogens is 1. The maximum atomic E-state index is 5.98. The molecule has 0 amide bonds. The van der Waals surface area contributed by atoms with Crippen molar-refractivity contribution >= 4 is 28.3 Å². The van der Waals surface area contributed by atoms with Crippen molar-refractivity contribution in [2.24, 2.45) is 0 Å². The average Bonchev–Trinajstić information content (AvgIpc) is 2.46. The predicted octanol–water partition coefficient (Wildman–Crippen LogP) is 5.46. The minimum atomic E-state index is 0.732. The van der Waals surface area contributed by atoms with Crippen molar-refractivity contribution in [3.63, 3.8) is 0 Å². The summed E-state index contributed by atoms with van der Waals surface area (Å²) in [5.41, 5.74) is 2.19. The van der Waals surface area contributed by atoms with Crippen molar-refractivity contribution in [2.75, 3.05) is 18.5 Å². The first-order chi connectivity index (χ1) is 9.53. The van der Waals surface area contributed by atoms with Gasteiger partial charge in [0.25, 0.3) is 0 Å². The normalized spacial score (nSPS) is 10.1. The number of anilines is 1. The molecule has 1 aromatic carbocycles. The molecule has 0 fully saturated rings. The molecule has 2 nitrogen and oxygen atoms in total. The molecule has 2 rings (SSSR count). The summed E-state index contributed by atoms with van der Waals surface area (Å²) in [6.07, 6.45) is 2.64. The largest absolute Gasteiger partial charge is 0.360 e. The van der Waals surface area contributed by atoms with Gasteiger partial charge in [-0.25, -0.2) is 4.98 Å². The van der Waals surface area contributed by atoms with Crippen molar-refractivity contribution < 1.29 is 0 Å². The summed E-state index contributed by atoms with van der Waals surface area (Å²) in [6.45, 7) is 9.52. The van der Waals surface area contributed by atoms with E-state index in [1.54, 1.807) is 0 Å². The number of aryl methyl sites for hydroxylation is 1. The van der Waals surface area contributed by atoms with Gasteiger partial charge in [-0.1, -0.05) is 44.4 Å². The number of rotatable bonds is 3. The smallest absolute Gasteiger partial charge is 0.129 e. The van der Waals surface area contributed by atoms with Gasteiger partial charge in [-0.05, 0) is 37.6 Å². The Morgan fingerprint density at radius 3 is 2.30 bits per heavy atom. The first-order valence-corrected chi connectivity index (χ1v) is 7.69. The third-order valence-electron chi connectivity index (χ3n) is 3.33. The second-order valence-electron chi connectivity index (χ2n) is 4.97. The van der Waals surface area contributed by atoms with Crippen LogP contribution >= 0.6 is 11.6 Å². The zero-order chi connectivity index (χ0) is 15.1. The zero-order valence-electron chi connectivity index (χ0n) is 13.2. The third-order valence-corrected chi connectivity index (χ3v) is 3.57. The van der Waals surface area contributed by atoms with Crippen molar-refractivity contribution in [3.05, 3.63) is 34.9 Å². The van der Waals surface area contributed by atoms with E-state index in [4.69, 9.17) is 11.6 Å². The maximum Gasteiger partial charge on any atom is 0.129 e. The van der Waals surface area contributed by atoms with Crippen molar-refractivity contribution in [1.29, 1.82) is 0 Å². The lowest BCUT2D eigenvalue weighted by molar-refractivity contribution is 0.886. The van der Waals surface area contributed by atoms with Crippen molar-refractivity contribution in [1.82, 2.24) is 4.98 Å². The number of pyridine rings is 1. The molecule has 0 radical (unpaired) electrons. The van der Waals surface area contributed by atoms with Gasteiger partial charge in [0.15, 0.2) is 0 Å². The van der Waals surface area contributed by atoms with Crippen LogP contribution in [0.15, 0.2) is 24.3 Å². The average molecular weight is 293 g/mol. The van der Waals surface area contributed by atoms with E-state index in [0.717, 1.165) is 28.3 Å². The quantitative estimate of drug-likeness (QED) is 0.747. The number of nitrogens with zero attached hydrogens (tertiary/aromatic N) is 2. The highest BCUT2D eigenvalue weighted by atomic mass is 35.5. The summed E-state index contributed by atoms with van der Waals surface area (Å²) in [5.74, 6) is 0.995. The molecule has 110 valence electrons. The summed E-state index contributed by atoms with van der Waals surface area (Å²) in [6, 6.07) is 7.95. The Balaban J connectivity index is 0.000000444. The first kappa shape index (κ1) is 16.8. The number of fused-ring (bicyclic) bond motifs is 1. The van der Waals surface area contributed by atoms with Gasteiger partial charge in [0, 0.05) is 24.0 Å². The van der Waals surface area contributed by atoms with E-state index in [0.29, 0.717) is 0 Å². The van der Waals surface area contributed by atoms with Gasteiger partial charge in [-0.2, -0.15) is 0 Å². The van der Waals surface area contributed by atoms with Crippen LogP contribution in [-0.4, -0.2) is 18.6 Å². The number of halogens is 1. The molecule has 1 heterocycles. The van der Waals surface area contributed by atoms with Crippen molar-refractivity contribution in [2.45, 2.75) is 40.5 Å². The van der Waals surface area contributed by atoms with Crippen LogP contribution in [0.3, 0.4) is 0 Å². The van der Waals surface area contributed by atoms with Crippen LogP contribution < -0.4 is 4.90 Å². The summed E-state index contributed by atoms with van der Waals surface area (Å²) in [5, 5.41) is 1.90. The van der Waals surface area contributed by atoms with E-state index in [-0.39, 0.29) is 0 Å². The van der Waals surface area contributed by atoms with E-state index in [9.17, 15) is 0 Å². The van der Waals surface area contributed by atoms with Crippen LogP contribution in [0.4, 0.5) is 5.82 Å². The maximum absolute atomic E-state index is 5.98. The van der Waals surface area contributed by atoms with Crippen LogP contribution in [0.1, 0.15) is 39.2 Å². The molecule has 0 N–H and O–H groups in total. The monoisotopic (exact) mass is 292 g/mol. The summed E-state index contributed by atoms with van der Waals surface area (Å²) < 4.78 is 0. The molecule has 0 saturated heterocycles. The van der Waals surface area contributed by atoms with Crippen molar-refractivity contribution in [3.8, 4) is 0 Å². The van der Waals surface area contributed by atoms with E-state index in [2.05, 4.69) is 43.6 Å². The summed E-state index contributed by atoms with van der Waals surface area (Å²) in [7, 11) is 2.04. The topological polar surface area (TPSA) is 16.1 Å². The van der Waals surface area contributed by atoms with Gasteiger partial charge >= 0.3 is 0 Å². The third kappa shape index (κ3) is 4.38.